The molecule has 0 aromatic heterocycles. The molecular weight excluding hydrogens is 482 g/mol. The van der Waals surface area contributed by atoms with E-state index in [0.29, 0.717) is 0 Å². The van der Waals surface area contributed by atoms with Gasteiger partial charge in [0, 0.05) is 22.9 Å². The maximum atomic E-state index is 11.0. The summed E-state index contributed by atoms with van der Waals surface area (Å²) >= 11 is 3.34. The van der Waals surface area contributed by atoms with Crippen LogP contribution in [0.1, 0.15) is 13.8 Å². The molecule has 172 valence electrons. The fourth-order valence-corrected chi connectivity index (χ4v) is 6.25. The van der Waals surface area contributed by atoms with Crippen LogP contribution in [-0.4, -0.2) is 50.8 Å². The first kappa shape index (κ1) is 25.8. The summed E-state index contributed by atoms with van der Waals surface area (Å²) in [6.07, 6.45) is 0. The molecule has 0 spiro atoms. The zero-order valence-electron chi connectivity index (χ0n) is 17.1. The topological polar surface area (TPSA) is 150 Å². The van der Waals surface area contributed by atoms with Gasteiger partial charge in [0.1, 0.15) is 0 Å². The van der Waals surface area contributed by atoms with Crippen molar-refractivity contribution in [3.63, 3.8) is 0 Å². The molecule has 0 bridgehead atoms. The first-order chi connectivity index (χ1) is 14.0. The van der Waals surface area contributed by atoms with Crippen molar-refractivity contribution in [3.8, 4) is 0 Å². The lowest BCUT2D eigenvalue weighted by Gasteiger charge is -2.15. The molecule has 13 heteroatoms. The first-order valence-electron chi connectivity index (χ1n) is 9.03. The number of benzene rings is 2. The van der Waals surface area contributed by atoms with Gasteiger partial charge in [-0.2, -0.15) is 16.8 Å². The molecule has 2 aromatic carbocycles. The summed E-state index contributed by atoms with van der Waals surface area (Å²) in [4.78, 5) is 6.17. The van der Waals surface area contributed by atoms with Gasteiger partial charge in [-0.15, -0.1) is 23.5 Å². The van der Waals surface area contributed by atoms with Crippen LogP contribution < -0.4 is 16.0 Å². The van der Waals surface area contributed by atoms with Crippen LogP contribution in [0.3, 0.4) is 0 Å². The maximum Gasteiger partial charge on any atom is 0.294 e. The van der Waals surface area contributed by atoms with E-state index in [1.54, 1.807) is 35.7 Å². The van der Waals surface area contributed by atoms with Crippen molar-refractivity contribution >= 4 is 55.1 Å². The lowest BCUT2D eigenvalue weighted by molar-refractivity contribution is 0.481. The number of hydrogen-bond acceptors (Lipinski definition) is 9. The minimum Gasteiger partial charge on any atom is -0.361 e. The molecule has 5 N–H and O–H groups in total. The van der Waals surface area contributed by atoms with Crippen LogP contribution in [0.4, 0.5) is 11.4 Å². The minimum absolute atomic E-state index is 0. The average Bonchev–Trinajstić information content (AvgIpc) is 3.29. The summed E-state index contributed by atoms with van der Waals surface area (Å²) in [6.45, 7) is 5.68. The molecule has 0 amide bonds. The summed E-state index contributed by atoms with van der Waals surface area (Å²) in [5.41, 5.74) is 1.77. The molecule has 0 radical (unpaired) electrons. The SMILES string of the molecule is CCN1CSc2ccc(S(=O)(=O)O)cc21.CCN1CSc2ccc(S(=O)(=O)O)cc21.N. The number of fused-ring (bicyclic) bond motifs is 2. The highest BCUT2D eigenvalue weighted by Crippen LogP contribution is 2.40. The highest BCUT2D eigenvalue weighted by Gasteiger charge is 2.22. The summed E-state index contributed by atoms with van der Waals surface area (Å²) in [5.74, 6) is 1.67. The van der Waals surface area contributed by atoms with Gasteiger partial charge < -0.3 is 16.0 Å². The molecule has 2 aliphatic rings. The van der Waals surface area contributed by atoms with Crippen molar-refractivity contribution in [1.29, 1.82) is 0 Å². The van der Waals surface area contributed by atoms with Crippen molar-refractivity contribution in [2.24, 2.45) is 0 Å². The smallest absolute Gasteiger partial charge is 0.294 e. The van der Waals surface area contributed by atoms with Gasteiger partial charge in [0.25, 0.3) is 20.2 Å². The molecule has 31 heavy (non-hydrogen) atoms. The molecule has 0 unspecified atom stereocenters. The first-order valence-corrected chi connectivity index (χ1v) is 13.9. The molecule has 2 heterocycles. The Labute approximate surface area is 191 Å². The van der Waals surface area contributed by atoms with Gasteiger partial charge in [0.05, 0.1) is 32.9 Å². The van der Waals surface area contributed by atoms with E-state index in [9.17, 15) is 16.8 Å². The van der Waals surface area contributed by atoms with Crippen LogP contribution in [0, 0.1) is 0 Å². The number of hydrogen-bond donors (Lipinski definition) is 3. The van der Waals surface area contributed by atoms with Crippen molar-refractivity contribution in [2.75, 3.05) is 34.6 Å². The number of nitrogens with zero attached hydrogens (tertiary/aromatic N) is 2. The Bertz CT molecular complexity index is 1060. The van der Waals surface area contributed by atoms with E-state index in [4.69, 9.17) is 9.11 Å². The summed E-state index contributed by atoms with van der Waals surface area (Å²) < 4.78 is 61.7. The second-order valence-corrected chi connectivity index (χ2v) is 11.3. The standard InChI is InChI=1S/2C9H11NO3S2.H3N/c2*1-2-10-6-14-9-4-3-7(5-8(9)10)15(11,12)13;/h2*3-5H,2,6H2,1H3,(H,11,12,13);1H3. The zero-order valence-corrected chi connectivity index (χ0v) is 20.3. The predicted octanol–water partition coefficient (Wildman–Crippen LogP) is 3.81. The van der Waals surface area contributed by atoms with Gasteiger partial charge in [0.2, 0.25) is 0 Å². The third kappa shape index (κ3) is 5.86. The molecule has 0 saturated carbocycles. The van der Waals surface area contributed by atoms with Crippen molar-refractivity contribution in [1.82, 2.24) is 6.15 Å². The molecule has 0 aliphatic carbocycles. The van der Waals surface area contributed by atoms with Crippen LogP contribution in [-0.2, 0) is 20.2 Å². The number of thioether (sulfide) groups is 2. The van der Waals surface area contributed by atoms with E-state index in [1.807, 2.05) is 13.8 Å². The minimum atomic E-state index is -4.09. The molecule has 9 nitrogen and oxygen atoms in total. The van der Waals surface area contributed by atoms with Crippen molar-refractivity contribution < 1.29 is 25.9 Å². The molecule has 2 aromatic rings. The summed E-state index contributed by atoms with van der Waals surface area (Å²) in [7, 11) is -8.18. The second kappa shape index (κ2) is 9.98. The van der Waals surface area contributed by atoms with Gasteiger partial charge in [-0.1, -0.05) is 0 Å². The van der Waals surface area contributed by atoms with Crippen LogP contribution in [0.2, 0.25) is 0 Å². The molecule has 0 atom stereocenters. The second-order valence-electron chi connectivity index (χ2n) is 6.47. The van der Waals surface area contributed by atoms with E-state index in [-0.39, 0.29) is 15.9 Å². The normalized spacial score (nSPS) is 15.0. The Morgan fingerprint density at radius 2 is 1.13 bits per heavy atom. The van der Waals surface area contributed by atoms with E-state index < -0.39 is 20.2 Å². The third-order valence-electron chi connectivity index (χ3n) is 4.65. The number of rotatable bonds is 4. The van der Waals surface area contributed by atoms with Crippen LogP contribution in [0.15, 0.2) is 56.0 Å². The fraction of sp³-hybridized carbons (Fsp3) is 0.333. The molecule has 0 saturated heterocycles. The highest BCUT2D eigenvalue weighted by molar-refractivity contribution is 8.00. The van der Waals surface area contributed by atoms with Gasteiger partial charge in [-0.05, 0) is 50.2 Å². The Morgan fingerprint density at radius 1 is 0.774 bits per heavy atom. The third-order valence-corrected chi connectivity index (χ3v) is 8.55. The summed E-state index contributed by atoms with van der Waals surface area (Å²) in [6, 6.07) is 9.38. The largest absolute Gasteiger partial charge is 0.361 e. The van der Waals surface area contributed by atoms with E-state index in [1.165, 1.54) is 24.3 Å². The van der Waals surface area contributed by atoms with E-state index in [2.05, 4.69) is 9.80 Å². The van der Waals surface area contributed by atoms with Crippen molar-refractivity contribution in [3.05, 3.63) is 36.4 Å². The van der Waals surface area contributed by atoms with E-state index >= 15 is 0 Å². The summed E-state index contributed by atoms with van der Waals surface area (Å²) in [5, 5.41) is 0. The van der Waals surface area contributed by atoms with Crippen LogP contribution >= 0.6 is 23.5 Å². The highest BCUT2D eigenvalue weighted by atomic mass is 32.2. The quantitative estimate of drug-likeness (QED) is 0.518. The molecule has 4 rings (SSSR count). The average molecular weight is 508 g/mol. The zero-order chi connectivity index (χ0) is 22.1. The van der Waals surface area contributed by atoms with Crippen molar-refractivity contribution in [2.45, 2.75) is 33.4 Å². The van der Waals surface area contributed by atoms with Gasteiger partial charge in [-0.3, -0.25) is 9.11 Å². The van der Waals surface area contributed by atoms with Crippen LogP contribution in [0.5, 0.6) is 0 Å². The maximum absolute atomic E-state index is 11.0. The monoisotopic (exact) mass is 507 g/mol. The van der Waals surface area contributed by atoms with Gasteiger partial charge >= 0.3 is 0 Å². The number of anilines is 2. The lowest BCUT2D eigenvalue weighted by Crippen LogP contribution is -2.17. The van der Waals surface area contributed by atoms with E-state index in [0.717, 1.165) is 46.0 Å². The Balaban J connectivity index is 0.000000213. The molecule has 0 fully saturated rings. The Kier molecular flexibility index (Phi) is 8.30. The van der Waals surface area contributed by atoms with Crippen LogP contribution in [0.25, 0.3) is 0 Å². The lowest BCUT2D eigenvalue weighted by atomic mass is 10.3. The molecule has 2 aliphatic heterocycles. The van der Waals surface area contributed by atoms with Gasteiger partial charge in [-0.25, -0.2) is 0 Å². The predicted molar refractivity (Wildman–Crippen MR) is 125 cm³/mol. The molecular formula is C18H25N3O6S4. The fourth-order valence-electron chi connectivity index (χ4n) is 3.01. The Morgan fingerprint density at radius 3 is 1.42 bits per heavy atom. The van der Waals surface area contributed by atoms with Gasteiger partial charge in [0.15, 0.2) is 0 Å². The Hall–Kier alpha value is -1.48.